The van der Waals surface area contributed by atoms with Gasteiger partial charge in [0.1, 0.15) is 16.0 Å². The minimum atomic E-state index is 0.223. The molecule has 0 atom stereocenters. The van der Waals surface area contributed by atoms with Crippen molar-refractivity contribution in [2.45, 2.75) is 36.6 Å². The molecule has 0 radical (unpaired) electrons. The first-order chi connectivity index (χ1) is 9.38. The molecule has 0 saturated carbocycles. The predicted molar refractivity (Wildman–Crippen MR) is 86.5 cm³/mol. The van der Waals surface area contributed by atoms with Crippen LogP contribution in [-0.4, -0.2) is 9.97 Å². The van der Waals surface area contributed by atoms with E-state index in [0.29, 0.717) is 15.2 Å². The number of nitrogens with zero attached hydrogens (tertiary/aromatic N) is 2. The molecule has 1 aromatic heterocycles. The van der Waals surface area contributed by atoms with Gasteiger partial charge in [-0.2, -0.15) is 0 Å². The standard InChI is InChI=1S/C14H13Cl3N2S/c1-7(2)13-18-12(17)8(3)14(19-13)20-9-4-5-10(15)11(16)6-9/h4-7H,1-3H3. The molecule has 2 aromatic rings. The van der Waals surface area contributed by atoms with Crippen molar-refractivity contribution in [3.8, 4) is 0 Å². The van der Waals surface area contributed by atoms with Gasteiger partial charge in [0, 0.05) is 16.4 Å². The second-order valence-corrected chi connectivity index (χ2v) is 6.87. The molecule has 106 valence electrons. The zero-order valence-corrected chi connectivity index (χ0v) is 14.3. The van der Waals surface area contributed by atoms with Crippen molar-refractivity contribution in [1.29, 1.82) is 0 Å². The highest BCUT2D eigenvalue weighted by Crippen LogP contribution is 2.35. The van der Waals surface area contributed by atoms with Crippen molar-refractivity contribution in [2.75, 3.05) is 0 Å². The van der Waals surface area contributed by atoms with Gasteiger partial charge in [0.05, 0.1) is 10.0 Å². The molecular weight excluding hydrogens is 335 g/mol. The second-order valence-electron chi connectivity index (χ2n) is 4.64. The third kappa shape index (κ3) is 3.59. The first-order valence-electron chi connectivity index (χ1n) is 6.05. The Morgan fingerprint density at radius 1 is 1.05 bits per heavy atom. The number of hydrogen-bond donors (Lipinski definition) is 0. The fourth-order valence-corrected chi connectivity index (χ4v) is 3.02. The summed E-state index contributed by atoms with van der Waals surface area (Å²) in [5.74, 6) is 0.962. The fourth-order valence-electron chi connectivity index (χ4n) is 1.50. The Morgan fingerprint density at radius 2 is 1.75 bits per heavy atom. The molecule has 2 nitrogen and oxygen atoms in total. The van der Waals surface area contributed by atoms with Crippen LogP contribution in [0.25, 0.3) is 0 Å². The molecule has 2 rings (SSSR count). The van der Waals surface area contributed by atoms with Gasteiger partial charge in [-0.1, -0.05) is 60.4 Å². The maximum Gasteiger partial charge on any atom is 0.136 e. The molecule has 0 saturated heterocycles. The zero-order chi connectivity index (χ0) is 14.9. The topological polar surface area (TPSA) is 25.8 Å². The van der Waals surface area contributed by atoms with E-state index in [0.717, 1.165) is 21.3 Å². The summed E-state index contributed by atoms with van der Waals surface area (Å²) < 4.78 is 0. The number of halogens is 3. The lowest BCUT2D eigenvalue weighted by atomic mass is 10.2. The molecule has 1 aromatic carbocycles. The van der Waals surface area contributed by atoms with Crippen molar-refractivity contribution in [3.05, 3.63) is 44.8 Å². The largest absolute Gasteiger partial charge is 0.226 e. The first-order valence-corrected chi connectivity index (χ1v) is 8.00. The van der Waals surface area contributed by atoms with E-state index in [1.54, 1.807) is 6.07 Å². The normalized spacial score (nSPS) is 11.2. The van der Waals surface area contributed by atoms with Gasteiger partial charge < -0.3 is 0 Å². The smallest absolute Gasteiger partial charge is 0.136 e. The highest BCUT2D eigenvalue weighted by Gasteiger charge is 2.13. The maximum absolute atomic E-state index is 6.17. The number of rotatable bonds is 3. The summed E-state index contributed by atoms with van der Waals surface area (Å²) in [6.07, 6.45) is 0. The van der Waals surface area contributed by atoms with Gasteiger partial charge in [-0.15, -0.1) is 0 Å². The Balaban J connectivity index is 2.39. The number of hydrogen-bond acceptors (Lipinski definition) is 3. The summed E-state index contributed by atoms with van der Waals surface area (Å²) in [5.41, 5.74) is 0.868. The van der Waals surface area contributed by atoms with E-state index in [2.05, 4.69) is 9.97 Å². The van der Waals surface area contributed by atoms with Gasteiger partial charge in [0.25, 0.3) is 0 Å². The van der Waals surface area contributed by atoms with Gasteiger partial charge in [-0.05, 0) is 25.1 Å². The van der Waals surface area contributed by atoms with Crippen LogP contribution in [-0.2, 0) is 0 Å². The fraction of sp³-hybridized carbons (Fsp3) is 0.286. The molecule has 0 aliphatic carbocycles. The molecule has 0 aliphatic rings. The molecule has 0 aliphatic heterocycles. The quantitative estimate of drug-likeness (QED) is 0.635. The Morgan fingerprint density at radius 3 is 2.35 bits per heavy atom. The summed E-state index contributed by atoms with van der Waals surface area (Å²) in [5, 5.41) is 2.40. The highest BCUT2D eigenvalue weighted by molar-refractivity contribution is 7.99. The lowest BCUT2D eigenvalue weighted by Gasteiger charge is -2.11. The number of benzene rings is 1. The summed E-state index contributed by atoms with van der Waals surface area (Å²) in [6.45, 7) is 5.98. The molecule has 0 unspecified atom stereocenters. The van der Waals surface area contributed by atoms with Crippen molar-refractivity contribution >= 4 is 46.6 Å². The molecule has 1 heterocycles. The summed E-state index contributed by atoms with van der Waals surface area (Å²) in [7, 11) is 0. The van der Waals surface area contributed by atoms with E-state index in [1.807, 2.05) is 32.9 Å². The van der Waals surface area contributed by atoms with Crippen LogP contribution in [0.3, 0.4) is 0 Å². The van der Waals surface area contributed by atoms with Gasteiger partial charge in [-0.3, -0.25) is 0 Å². The Kier molecular flexibility index (Phi) is 5.19. The van der Waals surface area contributed by atoms with Crippen LogP contribution in [0.15, 0.2) is 28.1 Å². The average Bonchev–Trinajstić information content (AvgIpc) is 2.38. The van der Waals surface area contributed by atoms with Crippen molar-refractivity contribution in [2.24, 2.45) is 0 Å². The van der Waals surface area contributed by atoms with E-state index in [4.69, 9.17) is 34.8 Å². The third-order valence-corrected chi connectivity index (χ3v) is 4.87. The SMILES string of the molecule is Cc1c(Cl)nc(C(C)C)nc1Sc1ccc(Cl)c(Cl)c1. The van der Waals surface area contributed by atoms with Crippen LogP contribution in [0.2, 0.25) is 15.2 Å². The van der Waals surface area contributed by atoms with Crippen LogP contribution in [0.4, 0.5) is 0 Å². The Hall–Kier alpha value is -0.480. The molecule has 20 heavy (non-hydrogen) atoms. The lowest BCUT2D eigenvalue weighted by molar-refractivity contribution is 0.747. The van der Waals surface area contributed by atoms with E-state index < -0.39 is 0 Å². The van der Waals surface area contributed by atoms with Crippen LogP contribution >= 0.6 is 46.6 Å². The van der Waals surface area contributed by atoms with Crippen molar-refractivity contribution < 1.29 is 0 Å². The Bertz CT molecular complexity index is 645. The van der Waals surface area contributed by atoms with E-state index in [1.165, 1.54) is 11.8 Å². The van der Waals surface area contributed by atoms with E-state index in [-0.39, 0.29) is 5.92 Å². The molecular formula is C14H13Cl3N2S. The second kappa shape index (κ2) is 6.52. The van der Waals surface area contributed by atoms with Crippen LogP contribution in [0.5, 0.6) is 0 Å². The highest BCUT2D eigenvalue weighted by atomic mass is 35.5. The van der Waals surface area contributed by atoms with Gasteiger partial charge in [-0.25, -0.2) is 9.97 Å². The molecule has 6 heteroatoms. The van der Waals surface area contributed by atoms with Gasteiger partial charge >= 0.3 is 0 Å². The summed E-state index contributed by atoms with van der Waals surface area (Å²) in [6, 6.07) is 5.50. The molecule has 0 bridgehead atoms. The molecule has 0 fully saturated rings. The van der Waals surface area contributed by atoms with E-state index in [9.17, 15) is 0 Å². The minimum absolute atomic E-state index is 0.223. The van der Waals surface area contributed by atoms with Crippen molar-refractivity contribution in [3.63, 3.8) is 0 Å². The lowest BCUT2D eigenvalue weighted by Crippen LogP contribution is -2.01. The summed E-state index contributed by atoms with van der Waals surface area (Å²) in [4.78, 5) is 9.84. The molecule has 0 N–H and O–H groups in total. The van der Waals surface area contributed by atoms with Gasteiger partial charge in [0.15, 0.2) is 0 Å². The maximum atomic E-state index is 6.17. The minimum Gasteiger partial charge on any atom is -0.226 e. The van der Waals surface area contributed by atoms with Crippen LogP contribution in [0, 0.1) is 6.92 Å². The first kappa shape index (κ1) is 15.9. The Labute approximate surface area is 137 Å². The molecule has 0 amide bonds. The predicted octanol–water partition coefficient (Wildman–Crippen LogP) is 6.02. The van der Waals surface area contributed by atoms with Crippen LogP contribution < -0.4 is 0 Å². The molecule has 0 spiro atoms. The third-order valence-electron chi connectivity index (χ3n) is 2.68. The van der Waals surface area contributed by atoms with E-state index >= 15 is 0 Å². The summed E-state index contributed by atoms with van der Waals surface area (Å²) >= 11 is 19.6. The monoisotopic (exact) mass is 346 g/mol. The van der Waals surface area contributed by atoms with Gasteiger partial charge in [0.2, 0.25) is 0 Å². The number of aromatic nitrogens is 2. The van der Waals surface area contributed by atoms with Crippen molar-refractivity contribution in [1.82, 2.24) is 9.97 Å². The van der Waals surface area contributed by atoms with Crippen LogP contribution in [0.1, 0.15) is 31.2 Å². The average molecular weight is 348 g/mol. The zero-order valence-electron chi connectivity index (χ0n) is 11.2.